The first-order chi connectivity index (χ1) is 9.51. The monoisotopic (exact) mass is 278 g/mol. The van der Waals surface area contributed by atoms with Gasteiger partial charge in [-0.2, -0.15) is 0 Å². The normalized spacial score (nSPS) is 24.3. The molecule has 1 aliphatic heterocycles. The van der Waals surface area contributed by atoms with Crippen molar-refractivity contribution in [3.8, 4) is 0 Å². The number of hydrogen-bond donors (Lipinski definition) is 0. The van der Waals surface area contributed by atoms with Crippen LogP contribution in [0.2, 0.25) is 0 Å². The minimum atomic E-state index is -1.33. The van der Waals surface area contributed by atoms with Crippen LogP contribution in [0.15, 0.2) is 30.3 Å². The highest BCUT2D eigenvalue weighted by Crippen LogP contribution is 2.44. The number of ether oxygens (including phenoxy) is 1. The van der Waals surface area contributed by atoms with E-state index in [1.807, 2.05) is 30.3 Å². The lowest BCUT2D eigenvalue weighted by Gasteiger charge is -2.04. The van der Waals surface area contributed by atoms with Crippen LogP contribution in [-0.2, 0) is 11.2 Å². The van der Waals surface area contributed by atoms with Gasteiger partial charge in [0.2, 0.25) is 0 Å². The van der Waals surface area contributed by atoms with Crippen molar-refractivity contribution in [1.82, 2.24) is 4.90 Å². The smallest absolute Gasteiger partial charge is 0.415 e. The highest BCUT2D eigenvalue weighted by atomic mass is 16.6. The average molecular weight is 278 g/mol. The molecule has 0 saturated carbocycles. The molecule has 1 heterocycles. The molecule has 0 aromatic heterocycles. The lowest BCUT2D eigenvalue weighted by atomic mass is 10.1. The van der Waals surface area contributed by atoms with Crippen LogP contribution in [0, 0.1) is 10.1 Å². The molecular formula is C14H18N2O4. The number of aryl methyl sites for hydroxylation is 1. The molecular weight excluding hydrogens is 260 g/mol. The number of benzene rings is 1. The van der Waals surface area contributed by atoms with Crippen molar-refractivity contribution < 1.29 is 14.5 Å². The first-order valence-electron chi connectivity index (χ1n) is 6.66. The van der Waals surface area contributed by atoms with E-state index in [1.54, 1.807) is 6.92 Å². The molecule has 1 amide bonds. The Bertz CT molecular complexity index is 505. The lowest BCUT2D eigenvalue weighted by molar-refractivity contribution is -0.545. The zero-order chi connectivity index (χ0) is 14.8. The third-order valence-corrected chi connectivity index (χ3v) is 3.75. The Morgan fingerprint density at radius 1 is 1.45 bits per heavy atom. The topological polar surface area (TPSA) is 72.5 Å². The van der Waals surface area contributed by atoms with E-state index in [9.17, 15) is 14.9 Å². The van der Waals surface area contributed by atoms with Crippen LogP contribution in [0.5, 0.6) is 0 Å². The van der Waals surface area contributed by atoms with Gasteiger partial charge < -0.3 is 4.74 Å². The molecule has 0 unspecified atom stereocenters. The van der Waals surface area contributed by atoms with Crippen LogP contribution in [-0.4, -0.2) is 34.2 Å². The van der Waals surface area contributed by atoms with E-state index in [4.69, 9.17) is 4.74 Å². The molecule has 1 aromatic rings. The molecule has 1 aliphatic rings. The highest BCUT2D eigenvalue weighted by Gasteiger charge is 2.73. The summed E-state index contributed by atoms with van der Waals surface area (Å²) in [4.78, 5) is 23.7. The summed E-state index contributed by atoms with van der Waals surface area (Å²) in [6.45, 7) is 3.37. The summed E-state index contributed by atoms with van der Waals surface area (Å²) in [6.07, 6.45) is 0.648. The minimum Gasteiger partial charge on any atom is -0.450 e. The standard InChI is InChI=1S/C14H18N2O4/c1-3-20-13(17)15-12(14(15,2)16(18)19)10-9-11-7-5-4-6-8-11/h4-8,12H,3,9-10H2,1-2H3/t12-,14+,15?/m0/s1. The van der Waals surface area contributed by atoms with Gasteiger partial charge in [0, 0.05) is 6.92 Å². The van der Waals surface area contributed by atoms with Gasteiger partial charge in [-0.25, -0.2) is 9.69 Å². The van der Waals surface area contributed by atoms with Crippen molar-refractivity contribution in [3.05, 3.63) is 46.0 Å². The van der Waals surface area contributed by atoms with Crippen molar-refractivity contribution >= 4 is 6.09 Å². The number of hydrogen-bond acceptors (Lipinski definition) is 4. The summed E-state index contributed by atoms with van der Waals surface area (Å²) in [5.41, 5.74) is -0.227. The maximum absolute atomic E-state index is 11.7. The molecule has 0 radical (unpaired) electrons. The third-order valence-electron chi connectivity index (χ3n) is 3.75. The van der Waals surface area contributed by atoms with Gasteiger partial charge in [-0.1, -0.05) is 30.3 Å². The SMILES string of the molecule is CCOC(=O)N1[C@@H](CCc2ccccc2)[C@@]1(C)[N+](=O)[O-]. The molecule has 20 heavy (non-hydrogen) atoms. The van der Waals surface area contributed by atoms with Crippen LogP contribution in [0.25, 0.3) is 0 Å². The second-order valence-corrected chi connectivity index (χ2v) is 4.96. The fourth-order valence-electron chi connectivity index (χ4n) is 2.51. The molecule has 6 heteroatoms. The zero-order valence-electron chi connectivity index (χ0n) is 11.6. The summed E-state index contributed by atoms with van der Waals surface area (Å²) in [5, 5.41) is 11.2. The fourth-order valence-corrected chi connectivity index (χ4v) is 2.51. The minimum absolute atomic E-state index is 0.217. The Balaban J connectivity index is 2.02. The molecule has 2 rings (SSSR count). The van der Waals surface area contributed by atoms with E-state index < -0.39 is 22.7 Å². The number of nitrogens with zero attached hydrogens (tertiary/aromatic N) is 2. The van der Waals surface area contributed by atoms with Crippen LogP contribution < -0.4 is 0 Å². The van der Waals surface area contributed by atoms with Gasteiger partial charge in [0.05, 0.1) is 11.5 Å². The third kappa shape index (κ3) is 2.45. The zero-order valence-corrected chi connectivity index (χ0v) is 11.6. The van der Waals surface area contributed by atoms with Gasteiger partial charge >= 0.3 is 11.8 Å². The highest BCUT2D eigenvalue weighted by molar-refractivity contribution is 5.72. The largest absolute Gasteiger partial charge is 0.450 e. The van der Waals surface area contributed by atoms with Crippen LogP contribution in [0.3, 0.4) is 0 Å². The molecule has 0 spiro atoms. The Kier molecular flexibility index (Phi) is 3.92. The predicted molar refractivity (Wildman–Crippen MR) is 72.8 cm³/mol. The Hall–Kier alpha value is -2.11. The number of carbonyl (C=O) groups excluding carboxylic acids is 1. The number of rotatable bonds is 5. The van der Waals surface area contributed by atoms with Crippen molar-refractivity contribution in [2.24, 2.45) is 0 Å². The van der Waals surface area contributed by atoms with Gasteiger partial charge in [0.1, 0.15) is 6.04 Å². The maximum Gasteiger partial charge on any atom is 0.415 e. The van der Waals surface area contributed by atoms with Gasteiger partial charge in [0.15, 0.2) is 0 Å². The van der Waals surface area contributed by atoms with Gasteiger partial charge in [-0.3, -0.25) is 10.1 Å². The summed E-state index contributed by atoms with van der Waals surface area (Å²) >= 11 is 0. The average Bonchev–Trinajstić information content (AvgIpc) is 3.05. The Morgan fingerprint density at radius 3 is 2.65 bits per heavy atom. The van der Waals surface area contributed by atoms with E-state index in [0.717, 1.165) is 5.56 Å². The molecule has 1 fully saturated rings. The second-order valence-electron chi connectivity index (χ2n) is 4.96. The van der Waals surface area contributed by atoms with Gasteiger partial charge in [-0.05, 0) is 25.3 Å². The Labute approximate surface area is 117 Å². The second kappa shape index (κ2) is 5.48. The van der Waals surface area contributed by atoms with Crippen LogP contribution in [0.4, 0.5) is 4.79 Å². The molecule has 0 bridgehead atoms. The quantitative estimate of drug-likeness (QED) is 0.471. The molecule has 0 N–H and O–H groups in total. The molecule has 108 valence electrons. The van der Waals surface area contributed by atoms with Crippen molar-refractivity contribution in [2.75, 3.05) is 6.61 Å². The first-order valence-corrected chi connectivity index (χ1v) is 6.66. The molecule has 1 aromatic carbocycles. The molecule has 0 aliphatic carbocycles. The van der Waals surface area contributed by atoms with Crippen molar-refractivity contribution in [1.29, 1.82) is 0 Å². The number of nitro groups is 1. The van der Waals surface area contributed by atoms with E-state index in [0.29, 0.717) is 12.8 Å². The summed E-state index contributed by atoms with van der Waals surface area (Å²) < 4.78 is 4.88. The summed E-state index contributed by atoms with van der Waals surface area (Å²) in [7, 11) is 0. The Morgan fingerprint density at radius 2 is 2.10 bits per heavy atom. The lowest BCUT2D eigenvalue weighted by Crippen LogP contribution is -2.28. The van der Waals surface area contributed by atoms with E-state index in [2.05, 4.69) is 0 Å². The molecule has 2 atom stereocenters. The fraction of sp³-hybridized carbons (Fsp3) is 0.500. The van der Waals surface area contributed by atoms with Crippen LogP contribution >= 0.6 is 0 Å². The summed E-state index contributed by atoms with van der Waals surface area (Å²) in [6, 6.07) is 9.32. The van der Waals surface area contributed by atoms with Crippen LogP contribution in [0.1, 0.15) is 25.8 Å². The van der Waals surface area contributed by atoms with E-state index in [-0.39, 0.29) is 6.61 Å². The predicted octanol–water partition coefficient (Wildman–Crippen LogP) is 2.45. The number of amides is 1. The van der Waals surface area contributed by atoms with Gasteiger partial charge in [0.25, 0.3) is 0 Å². The van der Waals surface area contributed by atoms with E-state index in [1.165, 1.54) is 11.8 Å². The molecule has 1 saturated heterocycles. The van der Waals surface area contributed by atoms with E-state index >= 15 is 0 Å². The number of carbonyl (C=O) groups is 1. The summed E-state index contributed by atoms with van der Waals surface area (Å²) in [5.74, 6) is 0. The molecule has 6 nitrogen and oxygen atoms in total. The maximum atomic E-state index is 11.7. The van der Waals surface area contributed by atoms with Crippen molar-refractivity contribution in [2.45, 2.75) is 38.4 Å². The first kappa shape index (κ1) is 14.3. The van der Waals surface area contributed by atoms with Gasteiger partial charge in [-0.15, -0.1) is 0 Å². The van der Waals surface area contributed by atoms with Crippen molar-refractivity contribution in [3.63, 3.8) is 0 Å².